The van der Waals surface area contributed by atoms with Crippen molar-refractivity contribution in [1.82, 2.24) is 10.3 Å². The van der Waals surface area contributed by atoms with Gasteiger partial charge in [-0.1, -0.05) is 13.0 Å². The van der Waals surface area contributed by atoms with Crippen LogP contribution < -0.4 is 21.7 Å². The molecule has 1 rings (SSSR count). The van der Waals surface area contributed by atoms with Crippen LogP contribution in [0.25, 0.3) is 0 Å². The molecule has 1 unspecified atom stereocenters. The predicted octanol–water partition coefficient (Wildman–Crippen LogP) is 3.44. The summed E-state index contributed by atoms with van der Waals surface area (Å²) >= 11 is 0. The third-order valence-corrected chi connectivity index (χ3v) is 3.21. The minimum absolute atomic E-state index is 0.154. The van der Waals surface area contributed by atoms with E-state index >= 15 is 0 Å². The van der Waals surface area contributed by atoms with Gasteiger partial charge in [0.2, 0.25) is 0 Å². The summed E-state index contributed by atoms with van der Waals surface area (Å²) < 4.78 is 25.3. The number of aromatic nitrogens is 1. The van der Waals surface area contributed by atoms with Crippen molar-refractivity contribution >= 4 is 23.5 Å². The summed E-state index contributed by atoms with van der Waals surface area (Å²) in [7, 11) is 3.75. The number of hydrogen-bond acceptors (Lipinski definition) is 7. The first-order chi connectivity index (χ1) is 13.8. The molecule has 0 spiro atoms. The summed E-state index contributed by atoms with van der Waals surface area (Å²) in [5.41, 5.74) is 7.50. The molecular formula is C20H32F2N6O. The maximum Gasteiger partial charge on any atom is 0.153 e. The SMILES string of the molecule is CC/C=C(/C=C(N)\N=C(/C)CF)Nc1cc(NC(C)CF)c(C=O)cn1.CNC. The molecule has 0 aromatic carbocycles. The molecule has 0 radical (unpaired) electrons. The highest BCUT2D eigenvalue weighted by Gasteiger charge is 2.09. The number of aliphatic imine (C=N–C) groups is 1. The number of alkyl halides is 2. The van der Waals surface area contributed by atoms with Crippen molar-refractivity contribution in [2.24, 2.45) is 10.7 Å². The molecule has 0 fully saturated rings. The standard InChI is InChI=1S/C18H25F2N5O.C2H7N/c1-4-5-15(6-17(21)24-13(3)9-20)25-18-7-16(23-12(2)8-19)14(11-26)10-22-18;1-3-2/h5-7,10-12H,4,8-9,21H2,1-3H3,(H2,22,23,25);3H,1-2H3/b15-5-,17-6-,24-13+;. The van der Waals surface area contributed by atoms with Crippen LogP contribution in [0.4, 0.5) is 20.3 Å². The van der Waals surface area contributed by atoms with Crippen LogP contribution in [0, 0.1) is 0 Å². The minimum atomic E-state index is -0.675. The van der Waals surface area contributed by atoms with Gasteiger partial charge in [0.05, 0.1) is 17.3 Å². The van der Waals surface area contributed by atoms with Crippen LogP contribution in [0.5, 0.6) is 0 Å². The van der Waals surface area contributed by atoms with Crippen LogP contribution in [0.15, 0.2) is 40.9 Å². The lowest BCUT2D eigenvalue weighted by Gasteiger charge is -2.15. The van der Waals surface area contributed by atoms with Gasteiger partial charge >= 0.3 is 0 Å². The molecule has 0 bridgehead atoms. The molecule has 5 N–H and O–H groups in total. The maximum absolute atomic E-state index is 12.7. The number of hydrogen-bond donors (Lipinski definition) is 4. The van der Waals surface area contributed by atoms with Crippen LogP contribution in [-0.2, 0) is 0 Å². The first-order valence-electron chi connectivity index (χ1n) is 9.25. The Morgan fingerprint density at radius 1 is 1.38 bits per heavy atom. The van der Waals surface area contributed by atoms with Crippen molar-refractivity contribution < 1.29 is 13.6 Å². The third-order valence-electron chi connectivity index (χ3n) is 3.21. The molecule has 0 aliphatic rings. The van der Waals surface area contributed by atoms with Crippen LogP contribution in [-0.4, -0.2) is 50.5 Å². The third kappa shape index (κ3) is 10.9. The fourth-order valence-electron chi connectivity index (χ4n) is 2.01. The van der Waals surface area contributed by atoms with E-state index in [0.29, 0.717) is 35.5 Å². The fourth-order valence-corrected chi connectivity index (χ4v) is 2.01. The van der Waals surface area contributed by atoms with Crippen molar-refractivity contribution in [2.45, 2.75) is 33.2 Å². The number of aldehydes is 1. The van der Waals surface area contributed by atoms with Crippen molar-refractivity contribution in [1.29, 1.82) is 0 Å². The Morgan fingerprint density at radius 2 is 2.03 bits per heavy atom. The van der Waals surface area contributed by atoms with Crippen molar-refractivity contribution in [3.05, 3.63) is 41.5 Å². The Kier molecular flexibility index (Phi) is 13.7. The number of halogens is 2. The van der Waals surface area contributed by atoms with Gasteiger partial charge < -0.3 is 21.7 Å². The number of nitrogens with zero attached hydrogens (tertiary/aromatic N) is 2. The molecule has 7 nitrogen and oxygen atoms in total. The summed E-state index contributed by atoms with van der Waals surface area (Å²) in [5.74, 6) is 0.598. The van der Waals surface area contributed by atoms with Crippen molar-refractivity contribution in [3.8, 4) is 0 Å². The van der Waals surface area contributed by atoms with Crippen molar-refractivity contribution in [3.63, 3.8) is 0 Å². The highest BCUT2D eigenvalue weighted by Crippen LogP contribution is 2.20. The van der Waals surface area contributed by atoms with Crippen molar-refractivity contribution in [2.75, 3.05) is 38.1 Å². The second-order valence-corrected chi connectivity index (χ2v) is 6.22. The average Bonchev–Trinajstić information content (AvgIpc) is 2.68. The highest BCUT2D eigenvalue weighted by molar-refractivity contribution is 5.85. The van der Waals surface area contributed by atoms with Gasteiger partial charge in [-0.25, -0.2) is 18.8 Å². The smallest absolute Gasteiger partial charge is 0.153 e. The summed E-state index contributed by atoms with van der Waals surface area (Å²) in [5, 5.41) is 8.74. The molecule has 1 aromatic rings. The van der Waals surface area contributed by atoms with Gasteiger partial charge in [-0.2, -0.15) is 0 Å². The van der Waals surface area contributed by atoms with Gasteiger partial charge in [-0.05, 0) is 34.4 Å². The number of carbonyl (C=O) groups excluding carboxylic acids is 1. The molecule has 1 aromatic heterocycles. The molecule has 1 heterocycles. The second kappa shape index (κ2) is 15.2. The summed E-state index contributed by atoms with van der Waals surface area (Å²) in [4.78, 5) is 19.2. The monoisotopic (exact) mass is 410 g/mol. The highest BCUT2D eigenvalue weighted by atomic mass is 19.1. The quantitative estimate of drug-likeness (QED) is 0.268. The van der Waals surface area contributed by atoms with Crippen LogP contribution >= 0.6 is 0 Å². The Labute approximate surface area is 171 Å². The van der Waals surface area contributed by atoms with E-state index in [9.17, 15) is 13.6 Å². The van der Waals surface area contributed by atoms with Gasteiger partial charge in [0.15, 0.2) is 6.29 Å². The summed E-state index contributed by atoms with van der Waals surface area (Å²) in [6.07, 6.45) is 6.19. The molecule has 0 aliphatic carbocycles. The topological polar surface area (TPSA) is 104 Å². The molecule has 1 atom stereocenters. The number of pyridine rings is 1. The molecule has 29 heavy (non-hydrogen) atoms. The van der Waals surface area contributed by atoms with Crippen LogP contribution in [0.1, 0.15) is 37.6 Å². The number of rotatable bonds is 10. The average molecular weight is 411 g/mol. The number of nitrogens with two attached hydrogens (primary N) is 1. The van der Waals surface area contributed by atoms with E-state index in [2.05, 4.69) is 25.9 Å². The van der Waals surface area contributed by atoms with E-state index in [4.69, 9.17) is 5.73 Å². The summed E-state index contributed by atoms with van der Waals surface area (Å²) in [6, 6.07) is 1.17. The molecule has 0 aliphatic heterocycles. The largest absolute Gasteiger partial charge is 0.384 e. The van der Waals surface area contributed by atoms with Crippen LogP contribution in [0.2, 0.25) is 0 Å². The predicted molar refractivity (Wildman–Crippen MR) is 117 cm³/mol. The van der Waals surface area contributed by atoms with E-state index in [0.717, 1.165) is 0 Å². The maximum atomic E-state index is 12.7. The normalized spacial score (nSPS) is 13.3. The van der Waals surface area contributed by atoms with E-state index in [1.165, 1.54) is 6.20 Å². The van der Waals surface area contributed by atoms with Gasteiger partial charge in [0, 0.05) is 29.7 Å². The molecule has 0 saturated heterocycles. The molecule has 0 saturated carbocycles. The molecule has 0 amide bonds. The molecule has 162 valence electrons. The van der Waals surface area contributed by atoms with Gasteiger partial charge in [-0.15, -0.1) is 0 Å². The molecular weight excluding hydrogens is 378 g/mol. The Bertz CT molecular complexity index is 719. The first-order valence-corrected chi connectivity index (χ1v) is 9.25. The second-order valence-electron chi connectivity index (χ2n) is 6.22. The van der Waals surface area contributed by atoms with Gasteiger partial charge in [-0.3, -0.25) is 4.79 Å². The number of nitrogens with one attached hydrogen (secondary N) is 3. The lowest BCUT2D eigenvalue weighted by atomic mass is 10.2. The van der Waals surface area contributed by atoms with E-state index in [1.54, 1.807) is 26.0 Å². The number of anilines is 2. The zero-order valence-electron chi connectivity index (χ0n) is 17.7. The van der Waals surface area contributed by atoms with Crippen LogP contribution in [0.3, 0.4) is 0 Å². The zero-order chi connectivity index (χ0) is 22.2. The van der Waals surface area contributed by atoms with Gasteiger partial charge in [0.1, 0.15) is 25.0 Å². The minimum Gasteiger partial charge on any atom is -0.384 e. The lowest BCUT2D eigenvalue weighted by molar-refractivity contribution is 0.112. The first kappa shape index (κ1) is 26.2. The van der Waals surface area contributed by atoms with E-state index in [1.807, 2.05) is 27.1 Å². The Morgan fingerprint density at radius 3 is 2.55 bits per heavy atom. The number of carbonyl (C=O) groups is 1. The Balaban J connectivity index is 0.00000245. The fraction of sp³-hybridized carbons (Fsp3) is 0.450. The number of allylic oxidation sites excluding steroid dienone is 2. The van der Waals surface area contributed by atoms with E-state index < -0.39 is 19.4 Å². The van der Waals surface area contributed by atoms with Gasteiger partial charge in [0.25, 0.3) is 0 Å². The lowest BCUT2D eigenvalue weighted by Crippen LogP contribution is -2.18. The summed E-state index contributed by atoms with van der Waals surface area (Å²) in [6.45, 7) is 3.90. The molecule has 9 heteroatoms. The van der Waals surface area contributed by atoms with E-state index in [-0.39, 0.29) is 11.5 Å². The zero-order valence-corrected chi connectivity index (χ0v) is 17.7. The Hall–Kier alpha value is -2.81.